The fourth-order valence-corrected chi connectivity index (χ4v) is 5.20. The van der Waals surface area contributed by atoms with Gasteiger partial charge in [-0.2, -0.15) is 0 Å². The first-order valence-corrected chi connectivity index (χ1v) is 15.1. The number of carbonyl (C=O) groups excluding carboxylic acids is 2. The van der Waals surface area contributed by atoms with Gasteiger partial charge in [-0.3, -0.25) is 13.9 Å². The van der Waals surface area contributed by atoms with E-state index < -0.39 is 28.5 Å². The van der Waals surface area contributed by atoms with Crippen molar-refractivity contribution >= 4 is 39.1 Å². The van der Waals surface area contributed by atoms with Crippen LogP contribution in [0.2, 0.25) is 5.02 Å². The van der Waals surface area contributed by atoms with Gasteiger partial charge in [0.2, 0.25) is 21.8 Å². The van der Waals surface area contributed by atoms with Crippen molar-refractivity contribution in [1.82, 2.24) is 10.2 Å². The maximum absolute atomic E-state index is 14.0. The minimum atomic E-state index is -3.80. The Balaban J connectivity index is 2.04. The summed E-state index contributed by atoms with van der Waals surface area (Å²) in [5.74, 6) is -0.587. The maximum atomic E-state index is 14.0. The maximum Gasteiger partial charge on any atom is 0.244 e. The highest BCUT2D eigenvalue weighted by molar-refractivity contribution is 7.92. The first-order valence-electron chi connectivity index (χ1n) is 12.8. The van der Waals surface area contributed by atoms with Gasteiger partial charge in [0.15, 0.2) is 0 Å². The largest absolute Gasteiger partial charge is 0.354 e. The number of amides is 2. The number of rotatable bonds is 12. The molecule has 0 radical (unpaired) electrons. The number of sulfonamides is 1. The first-order chi connectivity index (χ1) is 18.4. The summed E-state index contributed by atoms with van der Waals surface area (Å²) in [4.78, 5) is 29.1. The Morgan fingerprint density at radius 3 is 2.15 bits per heavy atom. The molecule has 0 heterocycles. The lowest BCUT2D eigenvalue weighted by Crippen LogP contribution is -2.53. The highest BCUT2D eigenvalue weighted by Crippen LogP contribution is 2.21. The van der Waals surface area contributed by atoms with Crippen molar-refractivity contribution in [2.45, 2.75) is 39.8 Å². The molecule has 9 heteroatoms. The number of benzene rings is 3. The van der Waals surface area contributed by atoms with E-state index in [1.807, 2.05) is 57.2 Å². The van der Waals surface area contributed by atoms with Crippen molar-refractivity contribution in [2.24, 2.45) is 5.92 Å². The Labute approximate surface area is 236 Å². The molecule has 39 heavy (non-hydrogen) atoms. The van der Waals surface area contributed by atoms with Crippen LogP contribution in [0.3, 0.4) is 0 Å². The second-order valence-corrected chi connectivity index (χ2v) is 12.4. The van der Waals surface area contributed by atoms with Crippen LogP contribution in [-0.4, -0.2) is 50.5 Å². The van der Waals surface area contributed by atoms with Crippen molar-refractivity contribution < 1.29 is 18.0 Å². The van der Waals surface area contributed by atoms with Gasteiger partial charge in [0.05, 0.1) is 11.9 Å². The first kappa shape index (κ1) is 30.2. The lowest BCUT2D eigenvalue weighted by Gasteiger charge is -2.33. The van der Waals surface area contributed by atoms with Crippen LogP contribution in [0.1, 0.15) is 30.5 Å². The fraction of sp³-hybridized carbons (Fsp3) is 0.333. The molecular weight excluding hydrogens is 534 g/mol. The third-order valence-electron chi connectivity index (χ3n) is 6.20. The van der Waals surface area contributed by atoms with E-state index in [1.165, 1.54) is 4.90 Å². The van der Waals surface area contributed by atoms with Gasteiger partial charge in [-0.05, 0) is 48.2 Å². The van der Waals surface area contributed by atoms with Gasteiger partial charge in [-0.25, -0.2) is 8.42 Å². The van der Waals surface area contributed by atoms with Gasteiger partial charge in [0.25, 0.3) is 0 Å². The SMILES string of the molecule is Cc1ccc(N(CC(=O)N(Cc2cccc(Cl)c2)[C@@H](Cc2ccccc2)C(=O)NCC(C)C)S(C)(=O)=O)cc1. The fourth-order valence-electron chi connectivity index (χ4n) is 4.13. The molecule has 3 aromatic carbocycles. The van der Waals surface area contributed by atoms with Crippen molar-refractivity contribution in [3.63, 3.8) is 0 Å². The Kier molecular flexibility index (Phi) is 10.5. The van der Waals surface area contributed by atoms with Gasteiger partial charge in [-0.15, -0.1) is 0 Å². The molecule has 3 rings (SSSR count). The van der Waals surface area contributed by atoms with E-state index in [0.717, 1.165) is 27.3 Å². The predicted octanol–water partition coefficient (Wildman–Crippen LogP) is 4.83. The molecule has 0 aromatic heterocycles. The Hall–Kier alpha value is -3.36. The number of aryl methyl sites for hydroxylation is 1. The van der Waals surface area contributed by atoms with E-state index in [4.69, 9.17) is 11.6 Å². The average molecular weight is 570 g/mol. The molecular formula is C30H36ClN3O4S. The molecule has 7 nitrogen and oxygen atoms in total. The summed E-state index contributed by atoms with van der Waals surface area (Å²) in [6.07, 6.45) is 1.33. The lowest BCUT2D eigenvalue weighted by atomic mass is 10.0. The molecule has 0 saturated carbocycles. The quantitative estimate of drug-likeness (QED) is 0.338. The van der Waals surface area contributed by atoms with Gasteiger partial charge < -0.3 is 10.2 Å². The Morgan fingerprint density at radius 2 is 1.56 bits per heavy atom. The van der Waals surface area contributed by atoms with Gasteiger partial charge in [0.1, 0.15) is 12.6 Å². The van der Waals surface area contributed by atoms with E-state index in [9.17, 15) is 18.0 Å². The molecule has 2 amide bonds. The van der Waals surface area contributed by atoms with Crippen LogP contribution in [0.4, 0.5) is 5.69 Å². The summed E-state index contributed by atoms with van der Waals surface area (Å²) < 4.78 is 26.7. The van der Waals surface area contributed by atoms with Crippen molar-refractivity contribution in [3.8, 4) is 0 Å². The van der Waals surface area contributed by atoms with Crippen molar-refractivity contribution in [3.05, 3.63) is 101 Å². The van der Waals surface area contributed by atoms with Crippen molar-refractivity contribution in [1.29, 1.82) is 0 Å². The second kappa shape index (κ2) is 13.6. The highest BCUT2D eigenvalue weighted by Gasteiger charge is 2.33. The van der Waals surface area contributed by atoms with Crippen LogP contribution in [0.5, 0.6) is 0 Å². The summed E-state index contributed by atoms with van der Waals surface area (Å²) in [5.41, 5.74) is 2.95. The van der Waals surface area contributed by atoms with Gasteiger partial charge in [-0.1, -0.05) is 85.6 Å². The summed E-state index contributed by atoms with van der Waals surface area (Å²) in [6, 6.07) is 22.6. The Morgan fingerprint density at radius 1 is 0.923 bits per heavy atom. The number of hydrogen-bond acceptors (Lipinski definition) is 4. The minimum absolute atomic E-state index is 0.0808. The van der Waals surface area contributed by atoms with E-state index in [-0.39, 0.29) is 24.8 Å². The number of anilines is 1. The monoisotopic (exact) mass is 569 g/mol. The van der Waals surface area contributed by atoms with Gasteiger partial charge in [0, 0.05) is 24.5 Å². The number of carbonyl (C=O) groups is 2. The molecule has 0 saturated heterocycles. The van der Waals surface area contributed by atoms with E-state index in [0.29, 0.717) is 17.3 Å². The molecule has 3 aromatic rings. The van der Waals surface area contributed by atoms with Crippen LogP contribution >= 0.6 is 11.6 Å². The average Bonchev–Trinajstić information content (AvgIpc) is 2.88. The normalized spacial score (nSPS) is 12.2. The number of halogens is 1. The molecule has 0 aliphatic heterocycles. The molecule has 1 N–H and O–H groups in total. The summed E-state index contributed by atoms with van der Waals surface area (Å²) in [6.45, 7) is 5.96. The summed E-state index contributed by atoms with van der Waals surface area (Å²) >= 11 is 6.23. The third kappa shape index (κ3) is 9.11. The van der Waals surface area contributed by atoms with Crippen LogP contribution in [-0.2, 0) is 32.6 Å². The van der Waals surface area contributed by atoms with Gasteiger partial charge >= 0.3 is 0 Å². The number of nitrogens with zero attached hydrogens (tertiary/aromatic N) is 2. The molecule has 0 bridgehead atoms. The Bertz CT molecular complexity index is 1360. The smallest absolute Gasteiger partial charge is 0.244 e. The van der Waals surface area contributed by atoms with E-state index in [2.05, 4.69) is 5.32 Å². The van der Waals surface area contributed by atoms with Crippen LogP contribution < -0.4 is 9.62 Å². The molecule has 0 aliphatic carbocycles. The van der Waals surface area contributed by atoms with Crippen molar-refractivity contribution in [2.75, 3.05) is 23.7 Å². The zero-order valence-electron chi connectivity index (χ0n) is 22.8. The van der Waals surface area contributed by atoms with Crippen LogP contribution in [0.15, 0.2) is 78.9 Å². The third-order valence-corrected chi connectivity index (χ3v) is 7.57. The summed E-state index contributed by atoms with van der Waals surface area (Å²) in [5, 5.41) is 3.47. The molecule has 0 spiro atoms. The topological polar surface area (TPSA) is 86.8 Å². The zero-order chi connectivity index (χ0) is 28.6. The number of nitrogens with one attached hydrogen (secondary N) is 1. The minimum Gasteiger partial charge on any atom is -0.354 e. The highest BCUT2D eigenvalue weighted by atomic mass is 35.5. The molecule has 0 aliphatic rings. The molecule has 208 valence electrons. The summed E-state index contributed by atoms with van der Waals surface area (Å²) in [7, 11) is -3.80. The van der Waals surface area contributed by atoms with Crippen LogP contribution in [0, 0.1) is 12.8 Å². The lowest BCUT2D eigenvalue weighted by molar-refractivity contribution is -0.140. The van der Waals surface area contributed by atoms with E-state index >= 15 is 0 Å². The molecule has 0 unspecified atom stereocenters. The second-order valence-electron chi connectivity index (χ2n) is 10.1. The number of hydrogen-bond donors (Lipinski definition) is 1. The molecule has 1 atom stereocenters. The van der Waals surface area contributed by atoms with E-state index in [1.54, 1.807) is 42.5 Å². The van der Waals surface area contributed by atoms with Crippen LogP contribution in [0.25, 0.3) is 0 Å². The molecule has 0 fully saturated rings. The predicted molar refractivity (Wildman–Crippen MR) is 157 cm³/mol. The zero-order valence-corrected chi connectivity index (χ0v) is 24.4. The standard InChI is InChI=1S/C30H36ClN3O4S/c1-22(2)19-32-30(36)28(18-24-9-6-5-7-10-24)33(20-25-11-8-12-26(31)17-25)29(35)21-34(39(4,37)38)27-15-13-23(3)14-16-27/h5-17,22,28H,18-21H2,1-4H3,(H,32,36)/t28-/m0/s1.